The molecule has 0 spiro atoms. The standard InChI is InChI=1S/C17H17ClF2N4O3/c18-12-7-11(13(19)8-14(12)20)16(25)24-5-2-1-3-10(24)4-6-23-9-15(17(26)27)21-22-23/h7-10H,1-6H2,(H,26,27). The number of nitrogens with zero attached hydrogens (tertiary/aromatic N) is 4. The molecular formula is C17H17ClF2N4O3. The van der Waals surface area contributed by atoms with Crippen LogP contribution in [-0.4, -0.2) is 49.5 Å². The Kier molecular flexibility index (Phi) is 5.69. The second kappa shape index (κ2) is 7.99. The second-order valence-electron chi connectivity index (χ2n) is 6.35. The average Bonchev–Trinajstić information content (AvgIpc) is 3.12. The van der Waals surface area contributed by atoms with Gasteiger partial charge in [0.25, 0.3) is 5.91 Å². The van der Waals surface area contributed by atoms with Crippen LogP contribution in [0.5, 0.6) is 0 Å². The van der Waals surface area contributed by atoms with Crippen LogP contribution in [0.1, 0.15) is 46.5 Å². The van der Waals surface area contributed by atoms with Gasteiger partial charge in [0.2, 0.25) is 0 Å². The first-order valence-electron chi connectivity index (χ1n) is 8.45. The van der Waals surface area contributed by atoms with Gasteiger partial charge < -0.3 is 10.0 Å². The Morgan fingerprint density at radius 1 is 1.26 bits per heavy atom. The Morgan fingerprint density at radius 3 is 2.74 bits per heavy atom. The first-order chi connectivity index (χ1) is 12.9. The van der Waals surface area contributed by atoms with Crippen molar-refractivity contribution in [1.82, 2.24) is 19.9 Å². The highest BCUT2D eigenvalue weighted by Crippen LogP contribution is 2.26. The Morgan fingerprint density at radius 2 is 2.04 bits per heavy atom. The minimum Gasteiger partial charge on any atom is -0.476 e. The molecule has 1 N–H and O–H groups in total. The van der Waals surface area contributed by atoms with E-state index in [9.17, 15) is 18.4 Å². The fourth-order valence-corrected chi connectivity index (χ4v) is 3.36. The van der Waals surface area contributed by atoms with Crippen molar-refractivity contribution in [3.8, 4) is 0 Å². The van der Waals surface area contributed by atoms with E-state index in [4.69, 9.17) is 16.7 Å². The predicted octanol–water partition coefficient (Wildman–Crippen LogP) is 2.99. The molecule has 7 nitrogen and oxygen atoms in total. The zero-order valence-electron chi connectivity index (χ0n) is 14.2. The maximum Gasteiger partial charge on any atom is 0.358 e. The number of aromatic nitrogens is 3. The van der Waals surface area contributed by atoms with Crippen molar-refractivity contribution in [3.63, 3.8) is 0 Å². The first-order valence-corrected chi connectivity index (χ1v) is 8.83. The molecule has 1 unspecified atom stereocenters. The number of carbonyl (C=O) groups is 2. The summed E-state index contributed by atoms with van der Waals surface area (Å²) in [5.41, 5.74) is -0.420. The summed E-state index contributed by atoms with van der Waals surface area (Å²) in [4.78, 5) is 25.2. The molecule has 10 heteroatoms. The molecule has 1 aromatic heterocycles. The van der Waals surface area contributed by atoms with E-state index < -0.39 is 23.5 Å². The van der Waals surface area contributed by atoms with E-state index in [1.54, 1.807) is 4.90 Å². The number of likely N-dealkylation sites (tertiary alicyclic amines) is 1. The van der Waals surface area contributed by atoms with Crippen molar-refractivity contribution < 1.29 is 23.5 Å². The number of hydrogen-bond acceptors (Lipinski definition) is 4. The molecule has 1 fully saturated rings. The second-order valence-corrected chi connectivity index (χ2v) is 6.76. The highest BCUT2D eigenvalue weighted by molar-refractivity contribution is 6.31. The van der Waals surface area contributed by atoms with Gasteiger partial charge >= 0.3 is 5.97 Å². The number of piperidine rings is 1. The fourth-order valence-electron chi connectivity index (χ4n) is 3.20. The fraction of sp³-hybridized carbons (Fsp3) is 0.412. The molecule has 0 saturated carbocycles. The van der Waals surface area contributed by atoms with E-state index in [0.717, 1.165) is 25.3 Å². The zero-order chi connectivity index (χ0) is 19.6. The summed E-state index contributed by atoms with van der Waals surface area (Å²) < 4.78 is 28.8. The molecule has 1 amide bonds. The number of rotatable bonds is 5. The number of benzene rings is 1. The molecule has 3 rings (SSSR count). The predicted molar refractivity (Wildman–Crippen MR) is 91.6 cm³/mol. The lowest BCUT2D eigenvalue weighted by atomic mass is 9.98. The minimum absolute atomic E-state index is 0.158. The third-order valence-electron chi connectivity index (χ3n) is 4.58. The van der Waals surface area contributed by atoms with Gasteiger partial charge in [-0.05, 0) is 31.7 Å². The Labute approximate surface area is 158 Å². The Balaban J connectivity index is 1.73. The van der Waals surface area contributed by atoms with Gasteiger partial charge in [0.05, 0.1) is 16.8 Å². The third-order valence-corrected chi connectivity index (χ3v) is 4.87. The van der Waals surface area contributed by atoms with E-state index in [2.05, 4.69) is 10.3 Å². The van der Waals surface area contributed by atoms with Gasteiger partial charge in [-0.2, -0.15) is 0 Å². The van der Waals surface area contributed by atoms with E-state index >= 15 is 0 Å². The molecule has 0 bridgehead atoms. The lowest BCUT2D eigenvalue weighted by Crippen LogP contribution is -2.44. The molecule has 1 aliphatic heterocycles. The zero-order valence-corrected chi connectivity index (χ0v) is 15.0. The van der Waals surface area contributed by atoms with Gasteiger partial charge in [-0.15, -0.1) is 5.10 Å². The van der Waals surface area contributed by atoms with Crippen LogP contribution in [0.2, 0.25) is 5.02 Å². The molecule has 0 radical (unpaired) electrons. The van der Waals surface area contributed by atoms with Crippen LogP contribution in [0.4, 0.5) is 8.78 Å². The topological polar surface area (TPSA) is 88.3 Å². The lowest BCUT2D eigenvalue weighted by molar-refractivity contribution is 0.0588. The first kappa shape index (κ1) is 19.2. The van der Waals surface area contributed by atoms with Gasteiger partial charge in [0, 0.05) is 25.2 Å². The third kappa shape index (κ3) is 4.24. The maximum absolute atomic E-state index is 14.1. The van der Waals surface area contributed by atoms with Gasteiger partial charge in [0.1, 0.15) is 11.6 Å². The summed E-state index contributed by atoms with van der Waals surface area (Å²) in [6, 6.07) is 1.45. The average molecular weight is 399 g/mol. The van der Waals surface area contributed by atoms with Gasteiger partial charge in [0.15, 0.2) is 5.69 Å². The van der Waals surface area contributed by atoms with Crippen molar-refractivity contribution >= 4 is 23.5 Å². The van der Waals surface area contributed by atoms with Crippen molar-refractivity contribution in [3.05, 3.63) is 46.2 Å². The molecule has 0 aliphatic carbocycles. The highest BCUT2D eigenvalue weighted by Gasteiger charge is 2.29. The van der Waals surface area contributed by atoms with E-state index in [0.29, 0.717) is 25.6 Å². The molecule has 2 heterocycles. The minimum atomic E-state index is -1.17. The molecule has 1 aliphatic rings. The van der Waals surface area contributed by atoms with Crippen LogP contribution < -0.4 is 0 Å². The quantitative estimate of drug-likeness (QED) is 0.782. The van der Waals surface area contributed by atoms with Crippen LogP contribution >= 0.6 is 11.6 Å². The summed E-state index contributed by atoms with van der Waals surface area (Å²) in [6.45, 7) is 0.817. The van der Waals surface area contributed by atoms with Crippen molar-refractivity contribution in [2.75, 3.05) is 6.54 Å². The van der Waals surface area contributed by atoms with Crippen LogP contribution in [0.3, 0.4) is 0 Å². The molecule has 144 valence electrons. The Bertz CT molecular complexity index is 874. The molecule has 1 saturated heterocycles. The number of aryl methyl sites for hydroxylation is 1. The van der Waals surface area contributed by atoms with E-state index in [1.807, 2.05) is 0 Å². The van der Waals surface area contributed by atoms with E-state index in [-0.39, 0.29) is 22.3 Å². The summed E-state index contributed by atoms with van der Waals surface area (Å²) in [5, 5.41) is 15.9. The van der Waals surface area contributed by atoms with Crippen LogP contribution in [-0.2, 0) is 6.54 Å². The summed E-state index contributed by atoms with van der Waals surface area (Å²) in [5.74, 6) is -3.57. The number of carboxylic acids is 1. The highest BCUT2D eigenvalue weighted by atomic mass is 35.5. The van der Waals surface area contributed by atoms with Crippen LogP contribution in [0, 0.1) is 11.6 Å². The molecular weight excluding hydrogens is 382 g/mol. The van der Waals surface area contributed by atoms with Gasteiger partial charge in [-0.25, -0.2) is 13.6 Å². The molecule has 2 aromatic rings. The monoisotopic (exact) mass is 398 g/mol. The van der Waals surface area contributed by atoms with E-state index in [1.165, 1.54) is 10.9 Å². The summed E-state index contributed by atoms with van der Waals surface area (Å²) in [6.07, 6.45) is 4.24. The number of amides is 1. The number of carbonyl (C=O) groups excluding carboxylic acids is 1. The summed E-state index contributed by atoms with van der Waals surface area (Å²) >= 11 is 5.70. The number of aromatic carboxylic acids is 1. The van der Waals surface area contributed by atoms with Gasteiger partial charge in [-0.3, -0.25) is 9.48 Å². The largest absolute Gasteiger partial charge is 0.476 e. The normalized spacial score (nSPS) is 17.1. The Hall–Kier alpha value is -2.55. The van der Waals surface area contributed by atoms with Crippen molar-refractivity contribution in [2.24, 2.45) is 0 Å². The number of carboxylic acid groups (broad SMARTS) is 1. The lowest BCUT2D eigenvalue weighted by Gasteiger charge is -2.36. The smallest absolute Gasteiger partial charge is 0.358 e. The number of hydrogen-bond donors (Lipinski definition) is 1. The van der Waals surface area contributed by atoms with Crippen molar-refractivity contribution in [2.45, 2.75) is 38.3 Å². The SMILES string of the molecule is O=C(O)c1cn(CCC2CCCCN2C(=O)c2cc(Cl)c(F)cc2F)nn1. The van der Waals surface area contributed by atoms with Crippen molar-refractivity contribution in [1.29, 1.82) is 0 Å². The van der Waals surface area contributed by atoms with Crippen LogP contribution in [0.15, 0.2) is 18.3 Å². The van der Waals surface area contributed by atoms with Crippen LogP contribution in [0.25, 0.3) is 0 Å². The molecule has 1 aromatic carbocycles. The molecule has 1 atom stereocenters. The maximum atomic E-state index is 14.1. The number of halogens is 3. The van der Waals surface area contributed by atoms with Gasteiger partial charge in [-0.1, -0.05) is 16.8 Å². The molecule has 27 heavy (non-hydrogen) atoms. The summed E-state index contributed by atoms with van der Waals surface area (Å²) in [7, 11) is 0.